The highest BCUT2D eigenvalue weighted by Crippen LogP contribution is 2.15. The molecule has 3 nitrogen and oxygen atoms in total. The van der Waals surface area contributed by atoms with Crippen molar-refractivity contribution >= 4 is 15.6 Å². The van der Waals surface area contributed by atoms with Crippen LogP contribution in [0, 0.1) is 0 Å². The molecule has 0 rings (SSSR count). The Balaban J connectivity index is 4.55. The highest BCUT2D eigenvalue weighted by Gasteiger charge is 2.27. The van der Waals surface area contributed by atoms with E-state index in [1.54, 1.807) is 13.8 Å². The molecule has 0 fully saturated rings. The molecule has 0 saturated heterocycles. The molecule has 0 bridgehead atoms. The summed E-state index contributed by atoms with van der Waals surface area (Å²) >= 11 is 0. The highest BCUT2D eigenvalue weighted by atomic mass is 32.2. The second-order valence-corrected chi connectivity index (χ2v) is 6.31. The SMILES string of the molecule is CCC(C)S(=O)(=O)C(C)CC(C)=O. The van der Waals surface area contributed by atoms with Crippen molar-refractivity contribution < 1.29 is 13.2 Å². The molecule has 0 spiro atoms. The van der Waals surface area contributed by atoms with Gasteiger partial charge in [-0.25, -0.2) is 8.42 Å². The van der Waals surface area contributed by atoms with E-state index < -0.39 is 15.1 Å². The van der Waals surface area contributed by atoms with Crippen molar-refractivity contribution in [3.63, 3.8) is 0 Å². The number of rotatable bonds is 5. The number of carbonyl (C=O) groups excluding carboxylic acids is 1. The average molecular weight is 206 g/mol. The first-order valence-corrected chi connectivity index (χ1v) is 6.15. The molecule has 0 radical (unpaired) electrons. The topological polar surface area (TPSA) is 51.2 Å². The van der Waals surface area contributed by atoms with Crippen LogP contribution in [0.1, 0.15) is 40.5 Å². The molecule has 2 unspecified atom stereocenters. The Morgan fingerprint density at radius 2 is 1.69 bits per heavy atom. The fourth-order valence-corrected chi connectivity index (χ4v) is 2.87. The number of Topliss-reactive ketones (excluding diaryl/α,β-unsaturated/α-hetero) is 1. The van der Waals surface area contributed by atoms with Crippen molar-refractivity contribution in [2.75, 3.05) is 0 Å². The molecule has 0 N–H and O–H groups in total. The predicted octanol–water partition coefficient (Wildman–Crippen LogP) is 1.57. The van der Waals surface area contributed by atoms with Crippen LogP contribution in [-0.4, -0.2) is 24.7 Å². The van der Waals surface area contributed by atoms with Crippen LogP contribution in [0.25, 0.3) is 0 Å². The maximum absolute atomic E-state index is 11.6. The lowest BCUT2D eigenvalue weighted by Crippen LogP contribution is -2.29. The van der Waals surface area contributed by atoms with Gasteiger partial charge >= 0.3 is 0 Å². The lowest BCUT2D eigenvalue weighted by atomic mass is 10.2. The summed E-state index contributed by atoms with van der Waals surface area (Å²) < 4.78 is 23.3. The molecule has 0 aliphatic heterocycles. The maximum atomic E-state index is 11.6. The second kappa shape index (κ2) is 4.74. The Morgan fingerprint density at radius 1 is 1.23 bits per heavy atom. The van der Waals surface area contributed by atoms with Gasteiger partial charge in [0.2, 0.25) is 0 Å². The summed E-state index contributed by atoms with van der Waals surface area (Å²) in [6, 6.07) is 0. The summed E-state index contributed by atoms with van der Waals surface area (Å²) in [6.07, 6.45) is 0.733. The van der Waals surface area contributed by atoms with Gasteiger partial charge in [-0.1, -0.05) is 6.92 Å². The molecule has 13 heavy (non-hydrogen) atoms. The Kier molecular flexibility index (Phi) is 4.61. The predicted molar refractivity (Wildman–Crippen MR) is 53.4 cm³/mol. The second-order valence-electron chi connectivity index (χ2n) is 3.52. The van der Waals surface area contributed by atoms with Gasteiger partial charge in [0.1, 0.15) is 5.78 Å². The van der Waals surface area contributed by atoms with Gasteiger partial charge in [-0.3, -0.25) is 4.79 Å². The molecule has 0 heterocycles. The van der Waals surface area contributed by atoms with E-state index in [0.29, 0.717) is 6.42 Å². The average Bonchev–Trinajstić information content (AvgIpc) is 2.01. The van der Waals surface area contributed by atoms with Crippen molar-refractivity contribution in [3.05, 3.63) is 0 Å². The van der Waals surface area contributed by atoms with Gasteiger partial charge < -0.3 is 0 Å². The van der Waals surface area contributed by atoms with E-state index in [1.807, 2.05) is 6.92 Å². The molecule has 0 amide bonds. The zero-order valence-electron chi connectivity index (χ0n) is 8.70. The summed E-state index contributed by atoms with van der Waals surface area (Å²) in [7, 11) is -3.10. The van der Waals surface area contributed by atoms with Gasteiger partial charge in [-0.15, -0.1) is 0 Å². The highest BCUT2D eigenvalue weighted by molar-refractivity contribution is 7.92. The number of ketones is 1. The number of carbonyl (C=O) groups is 1. The van der Waals surface area contributed by atoms with E-state index in [1.165, 1.54) is 6.92 Å². The first-order chi connectivity index (χ1) is 5.82. The Labute approximate surface area is 80.4 Å². The van der Waals surface area contributed by atoms with E-state index >= 15 is 0 Å². The first kappa shape index (κ1) is 12.6. The summed E-state index contributed by atoms with van der Waals surface area (Å²) in [5, 5.41) is -0.887. The van der Waals surface area contributed by atoms with Crippen LogP contribution in [0.3, 0.4) is 0 Å². The van der Waals surface area contributed by atoms with Crippen molar-refractivity contribution in [1.29, 1.82) is 0 Å². The molecule has 4 heteroatoms. The third-order valence-corrected chi connectivity index (χ3v) is 5.01. The van der Waals surface area contributed by atoms with Crippen molar-refractivity contribution in [3.8, 4) is 0 Å². The van der Waals surface area contributed by atoms with E-state index in [-0.39, 0.29) is 17.5 Å². The van der Waals surface area contributed by atoms with Crippen LogP contribution in [-0.2, 0) is 14.6 Å². The monoisotopic (exact) mass is 206 g/mol. The van der Waals surface area contributed by atoms with Gasteiger partial charge in [-0.05, 0) is 27.2 Å². The molecule has 78 valence electrons. The standard InChI is InChI=1S/C9H18O3S/c1-5-8(3)13(11,12)9(4)6-7(2)10/h8-9H,5-6H2,1-4H3. The summed E-state index contributed by atoms with van der Waals surface area (Å²) in [5.74, 6) is -0.0700. The molecular weight excluding hydrogens is 188 g/mol. The Morgan fingerprint density at radius 3 is 2.00 bits per heavy atom. The van der Waals surface area contributed by atoms with Crippen LogP contribution in [0.15, 0.2) is 0 Å². The van der Waals surface area contributed by atoms with Gasteiger partial charge in [0.05, 0.1) is 10.5 Å². The third-order valence-electron chi connectivity index (χ3n) is 2.27. The van der Waals surface area contributed by atoms with Crippen LogP contribution >= 0.6 is 0 Å². The minimum atomic E-state index is -3.10. The fourth-order valence-electron chi connectivity index (χ4n) is 1.15. The zero-order valence-corrected chi connectivity index (χ0v) is 9.52. The summed E-state index contributed by atoms with van der Waals surface area (Å²) in [6.45, 7) is 6.54. The molecule has 0 aromatic carbocycles. The van der Waals surface area contributed by atoms with E-state index in [4.69, 9.17) is 0 Å². The number of hydrogen-bond donors (Lipinski definition) is 0. The smallest absolute Gasteiger partial charge is 0.155 e. The maximum Gasteiger partial charge on any atom is 0.155 e. The molecule has 0 aromatic heterocycles. The third kappa shape index (κ3) is 3.46. The molecule has 0 aromatic rings. The first-order valence-electron chi connectivity index (χ1n) is 4.54. The van der Waals surface area contributed by atoms with Gasteiger partial charge in [0.15, 0.2) is 9.84 Å². The van der Waals surface area contributed by atoms with Crippen LogP contribution in [0.2, 0.25) is 0 Å². The summed E-state index contributed by atoms with van der Waals surface area (Å²) in [5.41, 5.74) is 0. The Bertz CT molecular complexity index is 267. The molecule has 0 aliphatic rings. The zero-order chi connectivity index (χ0) is 10.6. The van der Waals surface area contributed by atoms with E-state index in [2.05, 4.69) is 0 Å². The molecule has 2 atom stereocenters. The van der Waals surface area contributed by atoms with E-state index in [0.717, 1.165) is 0 Å². The molecule has 0 aliphatic carbocycles. The summed E-state index contributed by atoms with van der Waals surface area (Å²) in [4.78, 5) is 10.7. The number of hydrogen-bond acceptors (Lipinski definition) is 3. The lowest BCUT2D eigenvalue weighted by Gasteiger charge is -2.16. The Hall–Kier alpha value is -0.380. The van der Waals surface area contributed by atoms with Crippen molar-refractivity contribution in [1.82, 2.24) is 0 Å². The quantitative estimate of drug-likeness (QED) is 0.686. The minimum absolute atomic E-state index is 0.0700. The fraction of sp³-hybridized carbons (Fsp3) is 0.889. The largest absolute Gasteiger partial charge is 0.300 e. The lowest BCUT2D eigenvalue weighted by molar-refractivity contribution is -0.116. The van der Waals surface area contributed by atoms with Crippen LogP contribution in [0.4, 0.5) is 0 Å². The van der Waals surface area contributed by atoms with Gasteiger partial charge in [0, 0.05) is 6.42 Å². The van der Waals surface area contributed by atoms with Crippen molar-refractivity contribution in [2.24, 2.45) is 0 Å². The van der Waals surface area contributed by atoms with Crippen molar-refractivity contribution in [2.45, 2.75) is 51.0 Å². The van der Waals surface area contributed by atoms with Gasteiger partial charge in [0.25, 0.3) is 0 Å². The van der Waals surface area contributed by atoms with Crippen LogP contribution in [0.5, 0.6) is 0 Å². The van der Waals surface area contributed by atoms with E-state index in [9.17, 15) is 13.2 Å². The molecule has 0 saturated carbocycles. The van der Waals surface area contributed by atoms with Gasteiger partial charge in [-0.2, -0.15) is 0 Å². The molecular formula is C9H18O3S. The normalized spacial score (nSPS) is 16.6. The number of sulfone groups is 1. The minimum Gasteiger partial charge on any atom is -0.300 e. The van der Waals surface area contributed by atoms with Crippen LogP contribution < -0.4 is 0 Å².